The van der Waals surface area contributed by atoms with Gasteiger partial charge >= 0.3 is 0 Å². The van der Waals surface area contributed by atoms with Crippen molar-refractivity contribution in [2.45, 2.75) is 13.1 Å². The van der Waals surface area contributed by atoms with E-state index in [1.165, 1.54) is 6.07 Å². The van der Waals surface area contributed by atoms with Crippen molar-refractivity contribution in [3.05, 3.63) is 70.1 Å². The van der Waals surface area contributed by atoms with Crippen molar-refractivity contribution in [1.82, 2.24) is 4.57 Å². The standard InChI is InChI=1S/C16H14BrFN2/c17-15-6-5-13(18)7-12(15)10-20-14(9-19)8-11-3-1-2-4-16(11)20/h1-8H,9-10,19H2. The second-order valence-corrected chi connectivity index (χ2v) is 5.57. The number of hydrogen-bond donors (Lipinski definition) is 1. The maximum atomic E-state index is 13.4. The Labute approximate surface area is 125 Å². The quantitative estimate of drug-likeness (QED) is 0.770. The number of aromatic nitrogens is 1. The van der Waals surface area contributed by atoms with Crippen LogP contribution < -0.4 is 5.73 Å². The Hall–Kier alpha value is -1.65. The van der Waals surface area contributed by atoms with Crippen molar-refractivity contribution in [2.24, 2.45) is 5.73 Å². The molecule has 102 valence electrons. The molecule has 0 spiro atoms. The molecule has 1 heterocycles. The third kappa shape index (κ3) is 2.37. The lowest BCUT2D eigenvalue weighted by atomic mass is 10.2. The van der Waals surface area contributed by atoms with E-state index in [0.29, 0.717) is 13.1 Å². The highest BCUT2D eigenvalue weighted by atomic mass is 79.9. The van der Waals surface area contributed by atoms with Gasteiger partial charge in [-0.3, -0.25) is 0 Å². The average molecular weight is 333 g/mol. The molecule has 3 aromatic rings. The van der Waals surface area contributed by atoms with Crippen LogP contribution in [0.25, 0.3) is 10.9 Å². The topological polar surface area (TPSA) is 30.9 Å². The Kier molecular flexibility index (Phi) is 3.59. The Balaban J connectivity index is 2.12. The summed E-state index contributed by atoms with van der Waals surface area (Å²) in [5, 5.41) is 1.15. The van der Waals surface area contributed by atoms with Gasteiger partial charge in [0.05, 0.1) is 0 Å². The number of nitrogens with two attached hydrogens (primary N) is 1. The van der Waals surface area contributed by atoms with Crippen molar-refractivity contribution in [3.63, 3.8) is 0 Å². The molecule has 2 nitrogen and oxygen atoms in total. The van der Waals surface area contributed by atoms with Crippen molar-refractivity contribution in [3.8, 4) is 0 Å². The Morgan fingerprint density at radius 3 is 2.70 bits per heavy atom. The predicted molar refractivity (Wildman–Crippen MR) is 83.0 cm³/mol. The largest absolute Gasteiger partial charge is 0.339 e. The monoisotopic (exact) mass is 332 g/mol. The first-order valence-corrected chi connectivity index (χ1v) is 7.19. The van der Waals surface area contributed by atoms with E-state index in [0.717, 1.165) is 26.6 Å². The first kappa shape index (κ1) is 13.3. The molecule has 0 amide bonds. The second kappa shape index (κ2) is 5.38. The molecule has 1 aromatic heterocycles. The van der Waals surface area contributed by atoms with E-state index in [1.807, 2.05) is 12.1 Å². The van der Waals surface area contributed by atoms with Gasteiger partial charge in [-0.25, -0.2) is 4.39 Å². The summed E-state index contributed by atoms with van der Waals surface area (Å²) >= 11 is 3.48. The lowest BCUT2D eigenvalue weighted by molar-refractivity contribution is 0.622. The van der Waals surface area contributed by atoms with Crippen LogP contribution in [0.3, 0.4) is 0 Å². The summed E-state index contributed by atoms with van der Waals surface area (Å²) in [6, 6.07) is 14.9. The van der Waals surface area contributed by atoms with Crippen molar-refractivity contribution < 1.29 is 4.39 Å². The third-order valence-corrected chi connectivity index (χ3v) is 4.22. The van der Waals surface area contributed by atoms with E-state index in [2.05, 4.69) is 38.7 Å². The van der Waals surface area contributed by atoms with Gasteiger partial charge in [-0.15, -0.1) is 0 Å². The highest BCUT2D eigenvalue weighted by Gasteiger charge is 2.10. The molecule has 2 N–H and O–H groups in total. The maximum Gasteiger partial charge on any atom is 0.123 e. The summed E-state index contributed by atoms with van der Waals surface area (Å²) in [7, 11) is 0. The summed E-state index contributed by atoms with van der Waals surface area (Å²) in [5.74, 6) is -0.228. The lowest BCUT2D eigenvalue weighted by Gasteiger charge is -2.11. The fourth-order valence-electron chi connectivity index (χ4n) is 2.46. The summed E-state index contributed by atoms with van der Waals surface area (Å²) in [5.41, 5.74) is 8.89. The molecule has 0 bridgehead atoms. The molecule has 0 radical (unpaired) electrons. The van der Waals surface area contributed by atoms with Gasteiger partial charge in [0.2, 0.25) is 0 Å². The molecular formula is C16H14BrFN2. The summed E-state index contributed by atoms with van der Waals surface area (Å²) in [6.45, 7) is 1.06. The Bertz CT molecular complexity index is 764. The highest BCUT2D eigenvalue weighted by Crippen LogP contribution is 2.24. The van der Waals surface area contributed by atoms with Gasteiger partial charge in [0.25, 0.3) is 0 Å². The van der Waals surface area contributed by atoms with E-state index < -0.39 is 0 Å². The van der Waals surface area contributed by atoms with Crippen LogP contribution in [-0.4, -0.2) is 4.57 Å². The third-order valence-electron chi connectivity index (χ3n) is 3.44. The zero-order valence-corrected chi connectivity index (χ0v) is 12.4. The summed E-state index contributed by atoms with van der Waals surface area (Å²) in [6.07, 6.45) is 0. The zero-order chi connectivity index (χ0) is 14.1. The summed E-state index contributed by atoms with van der Waals surface area (Å²) < 4.78 is 16.5. The molecule has 3 rings (SSSR count). The van der Waals surface area contributed by atoms with Gasteiger partial charge in [-0.1, -0.05) is 34.1 Å². The van der Waals surface area contributed by atoms with Gasteiger partial charge in [-0.2, -0.15) is 0 Å². The zero-order valence-electron chi connectivity index (χ0n) is 10.8. The van der Waals surface area contributed by atoms with E-state index in [9.17, 15) is 4.39 Å². The van der Waals surface area contributed by atoms with E-state index >= 15 is 0 Å². The molecule has 20 heavy (non-hydrogen) atoms. The molecular weight excluding hydrogens is 319 g/mol. The minimum absolute atomic E-state index is 0.228. The van der Waals surface area contributed by atoms with Crippen LogP contribution in [-0.2, 0) is 13.1 Å². The van der Waals surface area contributed by atoms with Gasteiger partial charge in [0.15, 0.2) is 0 Å². The molecule has 0 atom stereocenters. The molecule has 0 unspecified atom stereocenters. The number of fused-ring (bicyclic) bond motifs is 1. The van der Waals surface area contributed by atoms with Crippen molar-refractivity contribution in [2.75, 3.05) is 0 Å². The molecule has 4 heteroatoms. The SMILES string of the molecule is NCc1cc2ccccc2n1Cc1cc(F)ccc1Br. The van der Waals surface area contributed by atoms with E-state index in [1.54, 1.807) is 12.1 Å². The van der Waals surface area contributed by atoms with Crippen LogP contribution in [0.4, 0.5) is 4.39 Å². The van der Waals surface area contributed by atoms with E-state index in [-0.39, 0.29) is 5.82 Å². The maximum absolute atomic E-state index is 13.4. The fourth-order valence-corrected chi connectivity index (χ4v) is 2.83. The molecule has 0 saturated heterocycles. The Morgan fingerprint density at radius 1 is 1.10 bits per heavy atom. The summed E-state index contributed by atoms with van der Waals surface area (Å²) in [4.78, 5) is 0. The fraction of sp³-hybridized carbons (Fsp3) is 0.125. The molecule has 2 aromatic carbocycles. The number of rotatable bonds is 3. The first-order chi connectivity index (χ1) is 9.69. The molecule has 0 aliphatic rings. The number of benzene rings is 2. The van der Waals surface area contributed by atoms with Crippen LogP contribution in [0, 0.1) is 5.82 Å². The van der Waals surface area contributed by atoms with Gasteiger partial charge in [-0.05, 0) is 41.3 Å². The lowest BCUT2D eigenvalue weighted by Crippen LogP contribution is -2.08. The predicted octanol–water partition coefficient (Wildman–Crippen LogP) is 4.05. The van der Waals surface area contributed by atoms with Crippen LogP contribution in [0.15, 0.2) is 53.0 Å². The Morgan fingerprint density at radius 2 is 1.90 bits per heavy atom. The van der Waals surface area contributed by atoms with Gasteiger partial charge < -0.3 is 10.3 Å². The van der Waals surface area contributed by atoms with Crippen LogP contribution in [0.1, 0.15) is 11.3 Å². The van der Waals surface area contributed by atoms with Crippen molar-refractivity contribution >= 4 is 26.8 Å². The van der Waals surface area contributed by atoms with Gasteiger partial charge in [0.1, 0.15) is 5.82 Å². The molecule has 0 fully saturated rings. The highest BCUT2D eigenvalue weighted by molar-refractivity contribution is 9.10. The number of para-hydroxylation sites is 1. The normalized spacial score (nSPS) is 11.2. The van der Waals surface area contributed by atoms with E-state index in [4.69, 9.17) is 5.73 Å². The molecule has 0 saturated carbocycles. The van der Waals surface area contributed by atoms with Gasteiger partial charge in [0, 0.05) is 28.8 Å². The number of halogens is 2. The van der Waals surface area contributed by atoms with Crippen LogP contribution >= 0.6 is 15.9 Å². The first-order valence-electron chi connectivity index (χ1n) is 6.40. The number of nitrogens with zero attached hydrogens (tertiary/aromatic N) is 1. The van der Waals surface area contributed by atoms with Crippen LogP contribution in [0.5, 0.6) is 0 Å². The molecule has 0 aliphatic heterocycles. The molecule has 0 aliphatic carbocycles. The second-order valence-electron chi connectivity index (χ2n) is 4.72. The smallest absolute Gasteiger partial charge is 0.123 e. The number of hydrogen-bond acceptors (Lipinski definition) is 1. The van der Waals surface area contributed by atoms with Crippen LogP contribution in [0.2, 0.25) is 0 Å². The minimum Gasteiger partial charge on any atom is -0.339 e. The van der Waals surface area contributed by atoms with Crippen molar-refractivity contribution in [1.29, 1.82) is 0 Å². The average Bonchev–Trinajstić information content (AvgIpc) is 2.81. The minimum atomic E-state index is -0.228.